The Bertz CT molecular complexity index is 101. The highest BCUT2D eigenvalue weighted by Gasteiger charge is 2.00. The highest BCUT2D eigenvalue weighted by Crippen LogP contribution is 2.15. The molecule has 0 unspecified atom stereocenters. The van der Waals surface area contributed by atoms with Crippen LogP contribution >= 0.6 is 0 Å². The second-order valence-corrected chi connectivity index (χ2v) is 4.53. The first-order chi connectivity index (χ1) is 6.81. The summed E-state index contributed by atoms with van der Waals surface area (Å²) in [5.41, 5.74) is 0. The minimum Gasteiger partial charge on any atom is -0.396 e. The molecule has 1 nitrogen and oxygen atoms in total. The molecule has 0 aromatic heterocycles. The molecule has 0 amide bonds. The topological polar surface area (TPSA) is 20.2 Å². The predicted octanol–water partition coefficient (Wildman–Crippen LogP) is 4.15. The summed E-state index contributed by atoms with van der Waals surface area (Å²) in [5.74, 6) is 0.813. The van der Waals surface area contributed by atoms with Gasteiger partial charge in [-0.15, -0.1) is 0 Å². The maximum Gasteiger partial charge on any atom is 0.0431 e. The Morgan fingerprint density at radius 3 is 2.07 bits per heavy atom. The Morgan fingerprint density at radius 2 is 1.43 bits per heavy atom. The third kappa shape index (κ3) is 10.0. The molecule has 0 spiro atoms. The summed E-state index contributed by atoms with van der Waals surface area (Å²) in [7, 11) is 0. The smallest absolute Gasteiger partial charge is 0.0431 e. The zero-order valence-corrected chi connectivity index (χ0v) is 10.1. The molecule has 0 rings (SSSR count). The average molecular weight is 200 g/mol. The van der Waals surface area contributed by atoms with Gasteiger partial charge in [-0.3, -0.25) is 0 Å². The summed E-state index contributed by atoms with van der Waals surface area (Å²) in [6.07, 6.45) is 11.9. The summed E-state index contributed by atoms with van der Waals surface area (Å²) < 4.78 is 0. The van der Waals surface area contributed by atoms with Gasteiger partial charge in [0, 0.05) is 6.61 Å². The van der Waals surface area contributed by atoms with Crippen molar-refractivity contribution in [3.05, 3.63) is 0 Å². The molecule has 14 heavy (non-hydrogen) atoms. The van der Waals surface area contributed by atoms with Crippen molar-refractivity contribution in [3.8, 4) is 0 Å². The lowest BCUT2D eigenvalue weighted by molar-refractivity contribution is 0.270. The molecule has 0 aromatic rings. The first-order valence-electron chi connectivity index (χ1n) is 6.42. The fraction of sp³-hybridized carbons (Fsp3) is 1.00. The molecule has 0 bridgehead atoms. The first kappa shape index (κ1) is 14.0. The van der Waals surface area contributed by atoms with Gasteiger partial charge >= 0.3 is 0 Å². The fourth-order valence-corrected chi connectivity index (χ4v) is 1.86. The van der Waals surface area contributed by atoms with E-state index < -0.39 is 0 Å². The normalized spacial score (nSPS) is 13.1. The quantitative estimate of drug-likeness (QED) is 0.525. The van der Waals surface area contributed by atoms with Crippen LogP contribution < -0.4 is 0 Å². The SMILES string of the molecule is CCCCCCCC[C@H](C)CCCO. The number of hydrogen-bond donors (Lipinski definition) is 1. The van der Waals surface area contributed by atoms with Crippen LogP contribution in [-0.4, -0.2) is 11.7 Å². The van der Waals surface area contributed by atoms with E-state index in [0.717, 1.165) is 12.3 Å². The maximum atomic E-state index is 8.68. The van der Waals surface area contributed by atoms with Gasteiger partial charge < -0.3 is 5.11 Å². The van der Waals surface area contributed by atoms with E-state index in [-0.39, 0.29) is 0 Å². The molecule has 0 aliphatic heterocycles. The van der Waals surface area contributed by atoms with Crippen LogP contribution in [0.4, 0.5) is 0 Å². The molecule has 1 N–H and O–H groups in total. The summed E-state index contributed by atoms with van der Waals surface area (Å²) >= 11 is 0. The van der Waals surface area contributed by atoms with Crippen molar-refractivity contribution in [3.63, 3.8) is 0 Å². The summed E-state index contributed by atoms with van der Waals surface area (Å²) in [5, 5.41) is 8.68. The van der Waals surface area contributed by atoms with Gasteiger partial charge in [0.2, 0.25) is 0 Å². The molecule has 0 radical (unpaired) electrons. The van der Waals surface area contributed by atoms with Crippen molar-refractivity contribution in [1.29, 1.82) is 0 Å². The van der Waals surface area contributed by atoms with Crippen molar-refractivity contribution in [2.24, 2.45) is 5.92 Å². The highest BCUT2D eigenvalue weighted by atomic mass is 16.2. The van der Waals surface area contributed by atoms with E-state index in [0.29, 0.717) is 6.61 Å². The maximum absolute atomic E-state index is 8.68. The number of aliphatic hydroxyl groups is 1. The monoisotopic (exact) mass is 200 g/mol. The summed E-state index contributed by atoms with van der Waals surface area (Å²) in [4.78, 5) is 0. The van der Waals surface area contributed by atoms with Crippen LogP contribution in [0.1, 0.15) is 71.6 Å². The van der Waals surface area contributed by atoms with Crippen LogP contribution in [-0.2, 0) is 0 Å². The Hall–Kier alpha value is -0.0400. The Labute approximate surface area is 89.9 Å². The van der Waals surface area contributed by atoms with Crippen LogP contribution in [0.3, 0.4) is 0 Å². The Balaban J connectivity index is 3.02. The van der Waals surface area contributed by atoms with Gasteiger partial charge in [-0.1, -0.05) is 58.8 Å². The third-order valence-electron chi connectivity index (χ3n) is 2.91. The van der Waals surface area contributed by atoms with Gasteiger partial charge in [0.15, 0.2) is 0 Å². The van der Waals surface area contributed by atoms with E-state index in [1.807, 2.05) is 0 Å². The number of rotatable bonds is 10. The van der Waals surface area contributed by atoms with Crippen molar-refractivity contribution >= 4 is 0 Å². The molecule has 0 aliphatic rings. The lowest BCUT2D eigenvalue weighted by Crippen LogP contribution is -1.96. The van der Waals surface area contributed by atoms with Crippen LogP contribution in [0.2, 0.25) is 0 Å². The van der Waals surface area contributed by atoms with Crippen LogP contribution in [0.15, 0.2) is 0 Å². The van der Waals surface area contributed by atoms with E-state index in [4.69, 9.17) is 5.11 Å². The van der Waals surface area contributed by atoms with Crippen molar-refractivity contribution < 1.29 is 5.11 Å². The summed E-state index contributed by atoms with van der Waals surface area (Å²) in [6.45, 7) is 4.93. The first-order valence-corrected chi connectivity index (χ1v) is 6.42. The van der Waals surface area contributed by atoms with E-state index in [9.17, 15) is 0 Å². The molecule has 1 atom stereocenters. The van der Waals surface area contributed by atoms with Gasteiger partial charge in [0.05, 0.1) is 0 Å². The number of aliphatic hydroxyl groups excluding tert-OH is 1. The van der Waals surface area contributed by atoms with E-state index in [1.54, 1.807) is 0 Å². The minimum atomic E-state index is 0.362. The molecule has 0 saturated carbocycles. The molecular formula is C13H28O. The fourth-order valence-electron chi connectivity index (χ4n) is 1.86. The van der Waals surface area contributed by atoms with Crippen LogP contribution in [0.25, 0.3) is 0 Å². The number of unbranched alkanes of at least 4 members (excludes halogenated alkanes) is 5. The molecule has 0 saturated heterocycles. The molecule has 1 heteroatoms. The van der Waals surface area contributed by atoms with Crippen molar-refractivity contribution in [2.45, 2.75) is 71.6 Å². The zero-order valence-electron chi connectivity index (χ0n) is 10.1. The van der Waals surface area contributed by atoms with Gasteiger partial charge in [-0.25, -0.2) is 0 Å². The second-order valence-electron chi connectivity index (χ2n) is 4.53. The van der Waals surface area contributed by atoms with Gasteiger partial charge in [0.25, 0.3) is 0 Å². The summed E-state index contributed by atoms with van der Waals surface area (Å²) in [6, 6.07) is 0. The van der Waals surface area contributed by atoms with E-state index >= 15 is 0 Å². The number of hydrogen-bond acceptors (Lipinski definition) is 1. The Morgan fingerprint density at radius 1 is 0.857 bits per heavy atom. The Kier molecular flexibility index (Phi) is 11.0. The zero-order chi connectivity index (χ0) is 10.6. The molecular weight excluding hydrogens is 172 g/mol. The van der Waals surface area contributed by atoms with Gasteiger partial charge in [-0.05, 0) is 18.8 Å². The van der Waals surface area contributed by atoms with E-state index in [2.05, 4.69) is 13.8 Å². The molecule has 0 fully saturated rings. The van der Waals surface area contributed by atoms with Crippen LogP contribution in [0, 0.1) is 5.92 Å². The largest absolute Gasteiger partial charge is 0.396 e. The molecule has 86 valence electrons. The average Bonchev–Trinajstić information content (AvgIpc) is 2.20. The predicted molar refractivity (Wildman–Crippen MR) is 63.5 cm³/mol. The highest BCUT2D eigenvalue weighted by molar-refractivity contribution is 4.54. The molecule has 0 aliphatic carbocycles. The molecule has 0 aromatic carbocycles. The minimum absolute atomic E-state index is 0.362. The standard InChI is InChI=1S/C13H28O/c1-3-4-5-6-7-8-10-13(2)11-9-12-14/h13-14H,3-12H2,1-2H3/t13-/m0/s1. The lowest BCUT2D eigenvalue weighted by Gasteiger charge is -2.09. The van der Waals surface area contributed by atoms with Crippen molar-refractivity contribution in [2.75, 3.05) is 6.61 Å². The van der Waals surface area contributed by atoms with Gasteiger partial charge in [0.1, 0.15) is 0 Å². The second kappa shape index (κ2) is 11.0. The lowest BCUT2D eigenvalue weighted by atomic mass is 9.98. The van der Waals surface area contributed by atoms with Crippen LogP contribution in [0.5, 0.6) is 0 Å². The third-order valence-corrected chi connectivity index (χ3v) is 2.91. The molecule has 0 heterocycles. The van der Waals surface area contributed by atoms with Crippen molar-refractivity contribution in [1.82, 2.24) is 0 Å². The van der Waals surface area contributed by atoms with Gasteiger partial charge in [-0.2, -0.15) is 0 Å². The van der Waals surface area contributed by atoms with E-state index in [1.165, 1.54) is 51.4 Å².